The van der Waals surface area contributed by atoms with Gasteiger partial charge in [0.05, 0.1) is 10.6 Å². The number of aromatic nitrogens is 2. The highest BCUT2D eigenvalue weighted by Gasteiger charge is 2.29. The molecule has 0 radical (unpaired) electrons. The Morgan fingerprint density at radius 3 is 2.94 bits per heavy atom. The van der Waals surface area contributed by atoms with Crippen LogP contribution in [0.4, 0.5) is 5.82 Å². The predicted octanol–water partition coefficient (Wildman–Crippen LogP) is 2.40. The van der Waals surface area contributed by atoms with E-state index in [9.17, 15) is 4.79 Å². The average Bonchev–Trinajstić information content (AvgIpc) is 2.27. The first-order valence-electron chi connectivity index (χ1n) is 5.90. The predicted molar refractivity (Wildman–Crippen MR) is 74.4 cm³/mol. The molecule has 4 nitrogen and oxygen atoms in total. The van der Waals surface area contributed by atoms with Gasteiger partial charge in [-0.2, -0.15) is 4.98 Å². The van der Waals surface area contributed by atoms with E-state index in [-0.39, 0.29) is 11.5 Å². The average molecular weight is 266 g/mol. The zero-order valence-corrected chi connectivity index (χ0v) is 11.2. The maximum Gasteiger partial charge on any atom is 0.354 e. The summed E-state index contributed by atoms with van der Waals surface area (Å²) in [5, 5.41) is 0. The number of halogens is 1. The normalized spacial score (nSPS) is 23.5. The zero-order chi connectivity index (χ0) is 13.3. The second kappa shape index (κ2) is 4.61. The van der Waals surface area contributed by atoms with Gasteiger partial charge in [0.1, 0.15) is 5.82 Å². The fourth-order valence-corrected chi connectivity index (χ4v) is 2.58. The Morgan fingerprint density at radius 1 is 1.61 bits per heavy atom. The molecule has 0 fully saturated rings. The van der Waals surface area contributed by atoms with Gasteiger partial charge in [-0.1, -0.05) is 13.0 Å². The first kappa shape index (κ1) is 12.9. The van der Waals surface area contributed by atoms with Gasteiger partial charge in [0.15, 0.2) is 0 Å². The van der Waals surface area contributed by atoms with Crippen LogP contribution < -0.4 is 11.4 Å². The molecule has 1 aromatic heterocycles. The SMILES string of the molecule is CCC1=C(n2ccc(N)nc2=O)C=CC[C@]1(C)Cl. The van der Waals surface area contributed by atoms with Crippen molar-refractivity contribution in [3.8, 4) is 0 Å². The molecule has 0 aromatic carbocycles. The van der Waals surface area contributed by atoms with Crippen molar-refractivity contribution >= 4 is 23.1 Å². The molecule has 1 atom stereocenters. The van der Waals surface area contributed by atoms with E-state index in [0.29, 0.717) is 0 Å². The van der Waals surface area contributed by atoms with E-state index in [1.165, 1.54) is 4.57 Å². The number of nitrogens with two attached hydrogens (primary N) is 1. The van der Waals surface area contributed by atoms with Crippen molar-refractivity contribution in [2.24, 2.45) is 0 Å². The molecule has 1 heterocycles. The summed E-state index contributed by atoms with van der Waals surface area (Å²) in [6.45, 7) is 4.00. The van der Waals surface area contributed by atoms with Gasteiger partial charge in [-0.05, 0) is 37.5 Å². The van der Waals surface area contributed by atoms with Crippen LogP contribution in [0.1, 0.15) is 26.7 Å². The monoisotopic (exact) mass is 265 g/mol. The Morgan fingerprint density at radius 2 is 2.33 bits per heavy atom. The minimum absolute atomic E-state index is 0.225. The van der Waals surface area contributed by atoms with E-state index in [1.54, 1.807) is 12.3 Å². The van der Waals surface area contributed by atoms with Gasteiger partial charge in [-0.25, -0.2) is 4.79 Å². The van der Waals surface area contributed by atoms with Gasteiger partial charge >= 0.3 is 5.69 Å². The molecule has 2 rings (SSSR count). The molecule has 1 aliphatic carbocycles. The van der Waals surface area contributed by atoms with Crippen LogP contribution in [0, 0.1) is 0 Å². The molecular formula is C13H16ClN3O. The molecule has 0 saturated heterocycles. The van der Waals surface area contributed by atoms with Crippen LogP contribution in [0.3, 0.4) is 0 Å². The van der Waals surface area contributed by atoms with Gasteiger partial charge in [0, 0.05) is 6.20 Å². The number of nitrogen functional groups attached to an aromatic ring is 1. The first-order chi connectivity index (χ1) is 8.45. The third-order valence-electron chi connectivity index (χ3n) is 3.15. The molecule has 96 valence electrons. The van der Waals surface area contributed by atoms with Crippen LogP contribution in [0.5, 0.6) is 0 Å². The molecule has 0 saturated carbocycles. The Labute approximate surface area is 111 Å². The molecule has 2 N–H and O–H groups in total. The molecular weight excluding hydrogens is 250 g/mol. The summed E-state index contributed by atoms with van der Waals surface area (Å²) in [5.74, 6) is 0.225. The third-order valence-corrected chi connectivity index (χ3v) is 3.54. The minimum Gasteiger partial charge on any atom is -0.383 e. The summed E-state index contributed by atoms with van der Waals surface area (Å²) in [6, 6.07) is 1.61. The maximum absolute atomic E-state index is 11.9. The Bertz CT molecular complexity index is 584. The summed E-state index contributed by atoms with van der Waals surface area (Å²) >= 11 is 6.50. The lowest BCUT2D eigenvalue weighted by Crippen LogP contribution is -2.28. The highest BCUT2D eigenvalue weighted by Crippen LogP contribution is 2.38. The smallest absolute Gasteiger partial charge is 0.354 e. The molecule has 0 aliphatic heterocycles. The number of anilines is 1. The largest absolute Gasteiger partial charge is 0.383 e. The number of hydrogen-bond donors (Lipinski definition) is 1. The number of allylic oxidation sites excluding steroid dienone is 4. The van der Waals surface area contributed by atoms with Crippen molar-refractivity contribution in [1.82, 2.24) is 9.55 Å². The molecule has 0 bridgehead atoms. The van der Waals surface area contributed by atoms with Crippen molar-refractivity contribution in [2.45, 2.75) is 31.6 Å². The van der Waals surface area contributed by atoms with Gasteiger partial charge in [-0.15, -0.1) is 11.6 Å². The van der Waals surface area contributed by atoms with E-state index in [1.807, 2.05) is 26.0 Å². The molecule has 5 heteroatoms. The molecule has 0 amide bonds. The minimum atomic E-state index is -0.445. The van der Waals surface area contributed by atoms with Crippen molar-refractivity contribution in [2.75, 3.05) is 5.73 Å². The highest BCUT2D eigenvalue weighted by atomic mass is 35.5. The van der Waals surface area contributed by atoms with Crippen molar-refractivity contribution < 1.29 is 0 Å². The van der Waals surface area contributed by atoms with Gasteiger partial charge in [0.25, 0.3) is 0 Å². The number of hydrogen-bond acceptors (Lipinski definition) is 3. The van der Waals surface area contributed by atoms with E-state index < -0.39 is 4.87 Å². The van der Waals surface area contributed by atoms with E-state index in [2.05, 4.69) is 4.98 Å². The molecule has 0 spiro atoms. The van der Waals surface area contributed by atoms with Crippen LogP contribution in [0.15, 0.2) is 34.8 Å². The van der Waals surface area contributed by atoms with Gasteiger partial charge < -0.3 is 5.73 Å². The standard InChI is InChI=1S/C13H16ClN3O/c1-3-9-10(5-4-7-13(9,2)14)17-8-6-11(15)16-12(17)18/h4-6,8H,3,7H2,1-2H3,(H2,15,16,18)/t13-/m0/s1. The Hall–Kier alpha value is -1.55. The number of rotatable bonds is 2. The molecule has 18 heavy (non-hydrogen) atoms. The van der Waals surface area contributed by atoms with Crippen molar-refractivity contribution in [3.63, 3.8) is 0 Å². The molecule has 1 aliphatic rings. The van der Waals surface area contributed by atoms with Gasteiger partial charge in [0.2, 0.25) is 0 Å². The van der Waals surface area contributed by atoms with E-state index in [0.717, 1.165) is 24.1 Å². The summed E-state index contributed by atoms with van der Waals surface area (Å²) < 4.78 is 1.49. The summed E-state index contributed by atoms with van der Waals surface area (Å²) in [4.78, 5) is 15.2. The second-order valence-electron chi connectivity index (χ2n) is 4.53. The second-order valence-corrected chi connectivity index (χ2v) is 5.36. The number of nitrogens with zero attached hydrogens (tertiary/aromatic N) is 2. The topological polar surface area (TPSA) is 60.9 Å². The molecule has 0 unspecified atom stereocenters. The zero-order valence-electron chi connectivity index (χ0n) is 10.5. The quantitative estimate of drug-likeness (QED) is 0.836. The fraction of sp³-hybridized carbons (Fsp3) is 0.385. The lowest BCUT2D eigenvalue weighted by atomic mass is 9.88. The summed E-state index contributed by atoms with van der Waals surface area (Å²) in [7, 11) is 0. The highest BCUT2D eigenvalue weighted by molar-refractivity contribution is 6.26. The van der Waals surface area contributed by atoms with Crippen LogP contribution >= 0.6 is 11.6 Å². The lowest BCUT2D eigenvalue weighted by Gasteiger charge is -2.29. The van der Waals surface area contributed by atoms with E-state index in [4.69, 9.17) is 17.3 Å². The van der Waals surface area contributed by atoms with Crippen molar-refractivity contribution in [3.05, 3.63) is 40.5 Å². The van der Waals surface area contributed by atoms with Crippen LogP contribution in [-0.2, 0) is 0 Å². The third kappa shape index (κ3) is 2.20. The molecule has 1 aromatic rings. The van der Waals surface area contributed by atoms with Crippen molar-refractivity contribution in [1.29, 1.82) is 0 Å². The summed E-state index contributed by atoms with van der Waals surface area (Å²) in [5.41, 5.74) is 6.96. The van der Waals surface area contributed by atoms with Crippen LogP contribution in [0.2, 0.25) is 0 Å². The fourth-order valence-electron chi connectivity index (χ4n) is 2.26. The van der Waals surface area contributed by atoms with Gasteiger partial charge in [-0.3, -0.25) is 4.57 Å². The van der Waals surface area contributed by atoms with E-state index >= 15 is 0 Å². The van der Waals surface area contributed by atoms with Crippen LogP contribution in [-0.4, -0.2) is 14.4 Å². The Balaban J connectivity index is 2.64. The first-order valence-corrected chi connectivity index (χ1v) is 6.28. The maximum atomic E-state index is 11.9. The Kier molecular flexibility index (Phi) is 3.30. The lowest BCUT2D eigenvalue weighted by molar-refractivity contribution is 0.695. The number of alkyl halides is 1. The summed E-state index contributed by atoms with van der Waals surface area (Å²) in [6.07, 6.45) is 7.08. The van der Waals surface area contributed by atoms with Crippen LogP contribution in [0.25, 0.3) is 5.70 Å².